The van der Waals surface area contributed by atoms with Crippen molar-refractivity contribution >= 4 is 22.9 Å². The predicted molar refractivity (Wildman–Crippen MR) is 74.4 cm³/mol. The molecular weight excluding hydrogens is 252 g/mol. The van der Waals surface area contributed by atoms with E-state index in [1.54, 1.807) is 11.3 Å². The van der Waals surface area contributed by atoms with Gasteiger partial charge in [0.1, 0.15) is 0 Å². The van der Waals surface area contributed by atoms with Crippen LogP contribution in [-0.2, 0) is 0 Å². The number of nitrogens with one attached hydrogen (secondary N) is 1. The van der Waals surface area contributed by atoms with E-state index in [4.69, 9.17) is 17.4 Å². The third-order valence-electron chi connectivity index (χ3n) is 2.87. The van der Waals surface area contributed by atoms with Crippen LogP contribution in [0.3, 0.4) is 0 Å². The first-order valence-corrected chi connectivity index (χ1v) is 6.65. The van der Waals surface area contributed by atoms with E-state index in [0.29, 0.717) is 0 Å². The van der Waals surface area contributed by atoms with Gasteiger partial charge in [-0.25, -0.2) is 5.43 Å². The lowest BCUT2D eigenvalue weighted by molar-refractivity contribution is 0.640. The van der Waals surface area contributed by atoms with Crippen LogP contribution in [0.25, 0.3) is 0 Å². The summed E-state index contributed by atoms with van der Waals surface area (Å²) in [6, 6.07) is 8.03. The number of hydrazine groups is 1. The second kappa shape index (κ2) is 5.19. The molecule has 0 bridgehead atoms. The van der Waals surface area contributed by atoms with E-state index >= 15 is 0 Å². The summed E-state index contributed by atoms with van der Waals surface area (Å²) in [5, 5.41) is 2.84. The molecule has 1 aromatic heterocycles. The van der Waals surface area contributed by atoms with Gasteiger partial charge in [0, 0.05) is 9.90 Å². The summed E-state index contributed by atoms with van der Waals surface area (Å²) in [5.74, 6) is 5.70. The van der Waals surface area contributed by atoms with E-state index in [-0.39, 0.29) is 6.04 Å². The molecule has 0 fully saturated rings. The summed E-state index contributed by atoms with van der Waals surface area (Å²) in [6.07, 6.45) is 0. The molecular formula is C13H15ClN2S. The van der Waals surface area contributed by atoms with E-state index in [1.807, 2.05) is 18.2 Å². The Bertz CT molecular complexity index is 522. The maximum atomic E-state index is 5.97. The Hall–Kier alpha value is -0.870. The Morgan fingerprint density at radius 1 is 1.24 bits per heavy atom. The summed E-state index contributed by atoms with van der Waals surface area (Å²) in [5.41, 5.74) is 6.46. The molecule has 2 aromatic rings. The maximum Gasteiger partial charge on any atom is 0.0807 e. The number of aryl methyl sites for hydroxylation is 2. The molecule has 17 heavy (non-hydrogen) atoms. The first-order chi connectivity index (χ1) is 8.13. The van der Waals surface area contributed by atoms with Crippen LogP contribution >= 0.6 is 22.9 Å². The van der Waals surface area contributed by atoms with Gasteiger partial charge in [-0.2, -0.15) is 0 Å². The Kier molecular flexibility index (Phi) is 3.84. The van der Waals surface area contributed by atoms with E-state index in [0.717, 1.165) is 10.6 Å². The minimum absolute atomic E-state index is 0.0345. The molecule has 0 saturated carbocycles. The first kappa shape index (κ1) is 12.6. The highest BCUT2D eigenvalue weighted by Crippen LogP contribution is 2.31. The van der Waals surface area contributed by atoms with Crippen LogP contribution in [0.1, 0.15) is 27.6 Å². The third-order valence-corrected chi connectivity index (χ3v) is 4.19. The largest absolute Gasteiger partial charge is 0.271 e. The minimum Gasteiger partial charge on any atom is -0.271 e. The summed E-state index contributed by atoms with van der Waals surface area (Å²) in [6.45, 7) is 4.15. The van der Waals surface area contributed by atoms with Crippen molar-refractivity contribution in [1.29, 1.82) is 0 Å². The number of hydrogen-bond donors (Lipinski definition) is 2. The van der Waals surface area contributed by atoms with Crippen molar-refractivity contribution in [2.24, 2.45) is 5.84 Å². The molecule has 90 valence electrons. The van der Waals surface area contributed by atoms with Gasteiger partial charge in [0.15, 0.2) is 0 Å². The van der Waals surface area contributed by atoms with Crippen LogP contribution in [0.5, 0.6) is 0 Å². The quantitative estimate of drug-likeness (QED) is 0.658. The average molecular weight is 267 g/mol. The van der Waals surface area contributed by atoms with Crippen molar-refractivity contribution in [1.82, 2.24) is 5.43 Å². The van der Waals surface area contributed by atoms with Crippen molar-refractivity contribution in [2.75, 3.05) is 0 Å². The molecule has 2 rings (SSSR count). The molecule has 3 N–H and O–H groups in total. The Morgan fingerprint density at radius 2 is 2.00 bits per heavy atom. The zero-order valence-corrected chi connectivity index (χ0v) is 11.4. The van der Waals surface area contributed by atoms with Gasteiger partial charge in [-0.1, -0.05) is 17.7 Å². The Balaban J connectivity index is 2.46. The Labute approximate surface area is 110 Å². The zero-order valence-electron chi connectivity index (χ0n) is 9.83. The number of nitrogens with two attached hydrogens (primary N) is 1. The van der Waals surface area contributed by atoms with Gasteiger partial charge in [0.05, 0.1) is 6.04 Å². The Morgan fingerprint density at radius 3 is 2.53 bits per heavy atom. The second-order valence-electron chi connectivity index (χ2n) is 4.07. The monoisotopic (exact) mass is 266 g/mol. The maximum absolute atomic E-state index is 5.97. The fourth-order valence-electron chi connectivity index (χ4n) is 1.95. The molecule has 2 nitrogen and oxygen atoms in total. The van der Waals surface area contributed by atoms with Crippen LogP contribution in [-0.4, -0.2) is 0 Å². The van der Waals surface area contributed by atoms with Crippen molar-refractivity contribution in [3.63, 3.8) is 0 Å². The molecule has 1 heterocycles. The highest BCUT2D eigenvalue weighted by atomic mass is 35.5. The van der Waals surface area contributed by atoms with Gasteiger partial charge >= 0.3 is 0 Å². The molecule has 0 spiro atoms. The second-order valence-corrected chi connectivity index (χ2v) is 5.45. The van der Waals surface area contributed by atoms with E-state index < -0.39 is 0 Å². The van der Waals surface area contributed by atoms with E-state index in [9.17, 15) is 0 Å². The van der Waals surface area contributed by atoms with Crippen LogP contribution in [0.4, 0.5) is 0 Å². The minimum atomic E-state index is 0.0345. The number of rotatable bonds is 3. The standard InChI is InChI=1S/C13H15ClN2S/c1-8-5-6-17-13(8)12(16-15)11-4-3-10(14)7-9(11)2/h3-7,12,16H,15H2,1-2H3. The van der Waals surface area contributed by atoms with Crippen LogP contribution in [0.15, 0.2) is 29.6 Å². The molecule has 1 unspecified atom stereocenters. The van der Waals surface area contributed by atoms with Crippen LogP contribution in [0.2, 0.25) is 5.02 Å². The number of benzene rings is 1. The van der Waals surface area contributed by atoms with Crippen LogP contribution < -0.4 is 11.3 Å². The lowest BCUT2D eigenvalue weighted by Crippen LogP contribution is -2.29. The van der Waals surface area contributed by atoms with Crippen molar-refractivity contribution in [3.05, 3.63) is 56.2 Å². The number of halogens is 1. The summed E-state index contributed by atoms with van der Waals surface area (Å²) in [4.78, 5) is 1.25. The van der Waals surface area contributed by atoms with Gasteiger partial charge in [-0.3, -0.25) is 5.84 Å². The summed E-state index contributed by atoms with van der Waals surface area (Å²) < 4.78 is 0. The SMILES string of the molecule is Cc1cc(Cl)ccc1C(NN)c1sccc1C. The highest BCUT2D eigenvalue weighted by Gasteiger charge is 2.17. The number of thiophene rings is 1. The predicted octanol–water partition coefficient (Wildman–Crippen LogP) is 3.57. The van der Waals surface area contributed by atoms with Gasteiger partial charge in [0.25, 0.3) is 0 Å². The van der Waals surface area contributed by atoms with E-state index in [2.05, 4.69) is 30.7 Å². The molecule has 0 radical (unpaired) electrons. The summed E-state index contributed by atoms with van der Waals surface area (Å²) in [7, 11) is 0. The molecule has 4 heteroatoms. The summed E-state index contributed by atoms with van der Waals surface area (Å²) >= 11 is 7.69. The lowest BCUT2D eigenvalue weighted by atomic mass is 9.99. The van der Waals surface area contributed by atoms with Crippen molar-refractivity contribution in [3.8, 4) is 0 Å². The third kappa shape index (κ3) is 2.53. The molecule has 0 aliphatic heterocycles. The van der Waals surface area contributed by atoms with E-state index in [1.165, 1.54) is 16.0 Å². The average Bonchev–Trinajstić information content (AvgIpc) is 2.69. The molecule has 0 aliphatic rings. The normalized spacial score (nSPS) is 12.7. The van der Waals surface area contributed by atoms with Gasteiger partial charge in [-0.15, -0.1) is 11.3 Å². The van der Waals surface area contributed by atoms with Crippen molar-refractivity contribution in [2.45, 2.75) is 19.9 Å². The highest BCUT2D eigenvalue weighted by molar-refractivity contribution is 7.10. The zero-order chi connectivity index (χ0) is 12.4. The van der Waals surface area contributed by atoms with Crippen molar-refractivity contribution < 1.29 is 0 Å². The molecule has 1 atom stereocenters. The lowest BCUT2D eigenvalue weighted by Gasteiger charge is -2.18. The van der Waals surface area contributed by atoms with Gasteiger partial charge in [-0.05, 0) is 54.1 Å². The first-order valence-electron chi connectivity index (χ1n) is 5.39. The molecule has 0 saturated heterocycles. The fourth-order valence-corrected chi connectivity index (χ4v) is 3.18. The molecule has 0 aliphatic carbocycles. The smallest absolute Gasteiger partial charge is 0.0807 e. The number of hydrogen-bond acceptors (Lipinski definition) is 3. The van der Waals surface area contributed by atoms with Crippen LogP contribution in [0, 0.1) is 13.8 Å². The topological polar surface area (TPSA) is 38.0 Å². The molecule has 0 amide bonds. The van der Waals surface area contributed by atoms with Gasteiger partial charge < -0.3 is 0 Å². The van der Waals surface area contributed by atoms with Gasteiger partial charge in [0.2, 0.25) is 0 Å². The fraction of sp³-hybridized carbons (Fsp3) is 0.231. The molecule has 1 aromatic carbocycles.